The van der Waals surface area contributed by atoms with Gasteiger partial charge in [0.2, 0.25) is 0 Å². The van der Waals surface area contributed by atoms with Crippen molar-refractivity contribution in [3.05, 3.63) is 34.3 Å². The van der Waals surface area contributed by atoms with Crippen molar-refractivity contribution in [3.8, 4) is 0 Å². The molecule has 0 aromatic heterocycles. The third-order valence-corrected chi connectivity index (χ3v) is 5.24. The van der Waals surface area contributed by atoms with Crippen molar-refractivity contribution >= 4 is 11.6 Å². The summed E-state index contributed by atoms with van der Waals surface area (Å²) < 4.78 is 0. The monoisotopic (exact) mass is 278 g/mol. The third-order valence-electron chi connectivity index (χ3n) is 5.01. The number of fused-ring (bicyclic) bond motifs is 1. The minimum Gasteiger partial charge on any atom is -0.329 e. The van der Waals surface area contributed by atoms with Gasteiger partial charge in [-0.15, -0.1) is 0 Å². The van der Waals surface area contributed by atoms with Crippen LogP contribution in [0.4, 0.5) is 0 Å². The third kappa shape index (κ3) is 2.54. The predicted molar refractivity (Wildman–Crippen MR) is 80.4 cm³/mol. The Kier molecular flexibility index (Phi) is 3.84. The molecular formula is C16H23ClN2. The average molecular weight is 279 g/mol. The highest BCUT2D eigenvalue weighted by Gasteiger charge is 2.38. The molecule has 2 nitrogen and oxygen atoms in total. The summed E-state index contributed by atoms with van der Waals surface area (Å²) in [4.78, 5) is 2.60. The predicted octanol–water partition coefficient (Wildman–Crippen LogP) is 3.38. The topological polar surface area (TPSA) is 29.3 Å². The molecule has 1 saturated carbocycles. The van der Waals surface area contributed by atoms with Gasteiger partial charge in [-0.25, -0.2) is 0 Å². The first-order valence-electron chi connectivity index (χ1n) is 7.39. The smallest absolute Gasteiger partial charge is 0.0473 e. The summed E-state index contributed by atoms with van der Waals surface area (Å²) in [6.07, 6.45) is 4.26. The van der Waals surface area contributed by atoms with E-state index in [2.05, 4.69) is 24.0 Å². The van der Waals surface area contributed by atoms with Gasteiger partial charge in [-0.2, -0.15) is 0 Å². The van der Waals surface area contributed by atoms with Crippen LogP contribution in [0.1, 0.15) is 36.4 Å². The van der Waals surface area contributed by atoms with E-state index in [4.69, 9.17) is 17.3 Å². The van der Waals surface area contributed by atoms with Crippen LogP contribution in [0, 0.1) is 18.8 Å². The number of benzene rings is 1. The Hall–Kier alpha value is -0.570. The molecule has 2 fully saturated rings. The van der Waals surface area contributed by atoms with E-state index >= 15 is 0 Å². The van der Waals surface area contributed by atoms with Crippen molar-refractivity contribution in [2.75, 3.05) is 19.6 Å². The van der Waals surface area contributed by atoms with E-state index in [1.807, 2.05) is 6.07 Å². The van der Waals surface area contributed by atoms with Crippen LogP contribution in [0.15, 0.2) is 18.2 Å². The summed E-state index contributed by atoms with van der Waals surface area (Å²) in [5, 5.41) is 0.815. The van der Waals surface area contributed by atoms with Crippen LogP contribution < -0.4 is 5.73 Å². The Labute approximate surface area is 120 Å². The molecule has 19 heavy (non-hydrogen) atoms. The number of halogens is 1. The van der Waals surface area contributed by atoms with E-state index < -0.39 is 0 Å². The number of rotatable bonds is 3. The van der Waals surface area contributed by atoms with Gasteiger partial charge in [0.05, 0.1) is 0 Å². The lowest BCUT2D eigenvalue weighted by Gasteiger charge is -2.29. The second kappa shape index (κ2) is 5.43. The van der Waals surface area contributed by atoms with Crippen molar-refractivity contribution < 1.29 is 0 Å². The first-order chi connectivity index (χ1) is 9.19. The second-order valence-electron chi connectivity index (χ2n) is 6.16. The van der Waals surface area contributed by atoms with Crippen LogP contribution in [-0.4, -0.2) is 24.5 Å². The molecule has 1 saturated heterocycles. The summed E-state index contributed by atoms with van der Waals surface area (Å²) in [6, 6.07) is 6.56. The minimum absolute atomic E-state index is 0.364. The van der Waals surface area contributed by atoms with E-state index in [1.165, 1.54) is 43.5 Å². The minimum atomic E-state index is 0.364. The quantitative estimate of drug-likeness (QED) is 0.918. The van der Waals surface area contributed by atoms with Crippen molar-refractivity contribution in [2.45, 2.75) is 32.2 Å². The van der Waals surface area contributed by atoms with Crippen LogP contribution in [0.2, 0.25) is 5.02 Å². The Bertz CT molecular complexity index is 448. The zero-order valence-corrected chi connectivity index (χ0v) is 12.4. The van der Waals surface area contributed by atoms with Crippen LogP contribution in [0.3, 0.4) is 0 Å². The SMILES string of the molecule is Cc1cc(Cl)ccc1C(CN)N1CC2CCCC2C1. The Morgan fingerprint density at radius 2 is 2.00 bits per heavy atom. The van der Waals surface area contributed by atoms with Crippen molar-refractivity contribution in [1.29, 1.82) is 0 Å². The highest BCUT2D eigenvalue weighted by molar-refractivity contribution is 6.30. The van der Waals surface area contributed by atoms with Gasteiger partial charge in [0, 0.05) is 30.7 Å². The van der Waals surface area contributed by atoms with Gasteiger partial charge >= 0.3 is 0 Å². The molecule has 2 N–H and O–H groups in total. The summed E-state index contributed by atoms with van der Waals surface area (Å²) >= 11 is 6.06. The van der Waals surface area contributed by atoms with Gasteiger partial charge in [0.1, 0.15) is 0 Å². The number of nitrogens with zero attached hydrogens (tertiary/aromatic N) is 1. The fourth-order valence-corrected chi connectivity index (χ4v) is 4.24. The van der Waals surface area contributed by atoms with Crippen molar-refractivity contribution in [3.63, 3.8) is 0 Å². The van der Waals surface area contributed by atoms with Gasteiger partial charge < -0.3 is 5.73 Å². The molecule has 3 rings (SSSR count). The van der Waals surface area contributed by atoms with Crippen LogP contribution >= 0.6 is 11.6 Å². The van der Waals surface area contributed by atoms with Crippen LogP contribution in [0.25, 0.3) is 0 Å². The normalized spacial score (nSPS) is 28.6. The van der Waals surface area contributed by atoms with Gasteiger partial charge in [-0.3, -0.25) is 4.90 Å². The summed E-state index contributed by atoms with van der Waals surface area (Å²) in [5.41, 5.74) is 8.68. The zero-order chi connectivity index (χ0) is 13.4. The van der Waals surface area contributed by atoms with E-state index in [0.717, 1.165) is 16.9 Å². The van der Waals surface area contributed by atoms with Gasteiger partial charge in [0.15, 0.2) is 0 Å². The van der Waals surface area contributed by atoms with Crippen molar-refractivity contribution in [2.24, 2.45) is 17.6 Å². The molecule has 3 heteroatoms. The number of aryl methyl sites for hydroxylation is 1. The number of hydrogen-bond donors (Lipinski definition) is 1. The molecule has 1 aliphatic carbocycles. The van der Waals surface area contributed by atoms with Gasteiger partial charge in [-0.05, 0) is 54.9 Å². The molecule has 1 aromatic carbocycles. The molecule has 0 spiro atoms. The standard InChI is InChI=1S/C16H23ClN2/c1-11-7-14(17)5-6-15(11)16(8-18)19-9-12-3-2-4-13(12)10-19/h5-7,12-13,16H,2-4,8-10,18H2,1H3. The maximum absolute atomic E-state index is 6.07. The van der Waals surface area contributed by atoms with E-state index in [9.17, 15) is 0 Å². The average Bonchev–Trinajstić information content (AvgIpc) is 2.93. The molecule has 0 radical (unpaired) electrons. The lowest BCUT2D eigenvalue weighted by atomic mass is 10.00. The molecule has 104 valence electrons. The van der Waals surface area contributed by atoms with Crippen LogP contribution in [-0.2, 0) is 0 Å². The summed E-state index contributed by atoms with van der Waals surface area (Å²) in [7, 11) is 0. The largest absolute Gasteiger partial charge is 0.329 e. The van der Waals surface area contributed by atoms with Gasteiger partial charge in [-0.1, -0.05) is 24.1 Å². The lowest BCUT2D eigenvalue weighted by Crippen LogP contribution is -2.33. The molecule has 1 aromatic rings. The Morgan fingerprint density at radius 3 is 2.58 bits per heavy atom. The molecule has 0 amide bonds. The van der Waals surface area contributed by atoms with Crippen LogP contribution in [0.5, 0.6) is 0 Å². The molecule has 0 bridgehead atoms. The van der Waals surface area contributed by atoms with Crippen molar-refractivity contribution in [1.82, 2.24) is 4.90 Å². The highest BCUT2D eigenvalue weighted by atomic mass is 35.5. The van der Waals surface area contributed by atoms with E-state index in [0.29, 0.717) is 12.6 Å². The number of likely N-dealkylation sites (tertiary alicyclic amines) is 1. The fourth-order valence-electron chi connectivity index (χ4n) is 4.01. The number of hydrogen-bond acceptors (Lipinski definition) is 2. The zero-order valence-electron chi connectivity index (χ0n) is 11.6. The molecule has 3 unspecified atom stereocenters. The fraction of sp³-hybridized carbons (Fsp3) is 0.625. The molecule has 1 heterocycles. The molecular weight excluding hydrogens is 256 g/mol. The Balaban J connectivity index is 1.81. The van der Waals surface area contributed by atoms with Gasteiger partial charge in [0.25, 0.3) is 0 Å². The first-order valence-corrected chi connectivity index (χ1v) is 7.77. The molecule has 1 aliphatic heterocycles. The Morgan fingerprint density at radius 1 is 1.32 bits per heavy atom. The molecule has 3 atom stereocenters. The van der Waals surface area contributed by atoms with E-state index in [1.54, 1.807) is 0 Å². The van der Waals surface area contributed by atoms with E-state index in [-0.39, 0.29) is 0 Å². The lowest BCUT2D eigenvalue weighted by molar-refractivity contribution is 0.231. The first kappa shape index (κ1) is 13.4. The maximum atomic E-state index is 6.07. The highest BCUT2D eigenvalue weighted by Crippen LogP contribution is 2.41. The molecule has 2 aliphatic rings. The second-order valence-corrected chi connectivity index (χ2v) is 6.59. The summed E-state index contributed by atoms with van der Waals surface area (Å²) in [5.74, 6) is 1.84. The maximum Gasteiger partial charge on any atom is 0.0473 e. The summed E-state index contributed by atoms with van der Waals surface area (Å²) in [6.45, 7) is 5.30. The number of nitrogens with two attached hydrogens (primary N) is 1.